The second-order valence-electron chi connectivity index (χ2n) is 3.54. The molecular weight excluding hydrogens is 286 g/mol. The molecule has 0 aliphatic carbocycles. The second kappa shape index (κ2) is 4.61. The molecule has 1 N–H and O–H groups in total. The summed E-state index contributed by atoms with van der Waals surface area (Å²) in [6.07, 6.45) is -4.60. The third-order valence-electron chi connectivity index (χ3n) is 2.25. The van der Waals surface area contributed by atoms with Crippen LogP contribution in [0.1, 0.15) is 16.1 Å². The molecule has 0 atom stereocenters. The summed E-state index contributed by atoms with van der Waals surface area (Å²) in [6.45, 7) is 0. The first-order chi connectivity index (χ1) is 8.79. The molecule has 8 heteroatoms. The molecule has 2 rings (SSSR count). The summed E-state index contributed by atoms with van der Waals surface area (Å²) in [5.41, 5.74) is -1.72. The Morgan fingerprint density at radius 1 is 1.32 bits per heavy atom. The van der Waals surface area contributed by atoms with Crippen molar-refractivity contribution in [3.05, 3.63) is 40.7 Å². The van der Waals surface area contributed by atoms with E-state index in [1.54, 1.807) is 0 Å². The SMILES string of the molecule is O=C(O)c1csc(-c2cc(C(F)(F)F)ccc2F)n1. The average Bonchev–Trinajstić information content (AvgIpc) is 2.77. The molecule has 0 unspecified atom stereocenters. The molecule has 0 aliphatic rings. The first-order valence-corrected chi connectivity index (χ1v) is 5.73. The van der Waals surface area contributed by atoms with Gasteiger partial charge >= 0.3 is 12.1 Å². The van der Waals surface area contributed by atoms with Gasteiger partial charge in [-0.2, -0.15) is 13.2 Å². The maximum absolute atomic E-state index is 13.5. The standard InChI is InChI=1S/C11H5F4NO2S/c12-7-2-1-5(11(13,14)15)3-6(7)9-16-8(4-19-9)10(17)18/h1-4H,(H,17,18). The molecule has 2 aromatic rings. The van der Waals surface area contributed by atoms with E-state index in [4.69, 9.17) is 5.11 Å². The summed E-state index contributed by atoms with van der Waals surface area (Å²) in [7, 11) is 0. The first-order valence-electron chi connectivity index (χ1n) is 4.85. The van der Waals surface area contributed by atoms with Crippen molar-refractivity contribution < 1.29 is 27.5 Å². The lowest BCUT2D eigenvalue weighted by Crippen LogP contribution is -2.05. The number of aromatic nitrogens is 1. The fraction of sp³-hybridized carbons (Fsp3) is 0.0909. The fourth-order valence-corrected chi connectivity index (χ4v) is 2.17. The van der Waals surface area contributed by atoms with Gasteiger partial charge in [-0.15, -0.1) is 11.3 Å². The van der Waals surface area contributed by atoms with Gasteiger partial charge in [0.05, 0.1) is 5.56 Å². The maximum Gasteiger partial charge on any atom is 0.416 e. The Morgan fingerprint density at radius 3 is 2.53 bits per heavy atom. The molecule has 0 radical (unpaired) electrons. The Bertz CT molecular complexity index is 636. The van der Waals surface area contributed by atoms with Gasteiger partial charge in [-0.25, -0.2) is 14.2 Å². The van der Waals surface area contributed by atoms with Crippen molar-refractivity contribution in [3.63, 3.8) is 0 Å². The largest absolute Gasteiger partial charge is 0.476 e. The van der Waals surface area contributed by atoms with E-state index >= 15 is 0 Å². The monoisotopic (exact) mass is 291 g/mol. The number of hydrogen-bond donors (Lipinski definition) is 1. The van der Waals surface area contributed by atoms with Crippen LogP contribution in [-0.2, 0) is 6.18 Å². The lowest BCUT2D eigenvalue weighted by atomic mass is 10.1. The molecule has 100 valence electrons. The zero-order valence-corrected chi connectivity index (χ0v) is 9.85. The quantitative estimate of drug-likeness (QED) is 0.859. The summed E-state index contributed by atoms with van der Waals surface area (Å²) >= 11 is 0.765. The van der Waals surface area contributed by atoms with Crippen LogP contribution in [0, 0.1) is 5.82 Å². The van der Waals surface area contributed by atoms with Gasteiger partial charge in [0, 0.05) is 10.9 Å². The molecule has 0 amide bonds. The van der Waals surface area contributed by atoms with Gasteiger partial charge in [-0.05, 0) is 18.2 Å². The summed E-state index contributed by atoms with van der Waals surface area (Å²) in [4.78, 5) is 14.2. The fourth-order valence-electron chi connectivity index (χ4n) is 1.36. The molecule has 0 spiro atoms. The number of alkyl halides is 3. The van der Waals surface area contributed by atoms with Crippen LogP contribution < -0.4 is 0 Å². The Labute approximate surface area is 108 Å². The summed E-state index contributed by atoms with van der Waals surface area (Å²) < 4.78 is 51.1. The number of benzene rings is 1. The third-order valence-corrected chi connectivity index (χ3v) is 3.12. The van der Waals surface area contributed by atoms with Crippen molar-refractivity contribution in [2.24, 2.45) is 0 Å². The van der Waals surface area contributed by atoms with Crippen LogP contribution >= 0.6 is 11.3 Å². The molecule has 0 fully saturated rings. The van der Waals surface area contributed by atoms with Gasteiger partial charge < -0.3 is 5.11 Å². The van der Waals surface area contributed by atoms with Gasteiger partial charge in [-0.1, -0.05) is 0 Å². The van der Waals surface area contributed by atoms with Crippen molar-refractivity contribution in [3.8, 4) is 10.6 Å². The molecule has 0 saturated carbocycles. The molecular formula is C11H5F4NO2S. The number of aromatic carboxylic acids is 1. The minimum Gasteiger partial charge on any atom is -0.476 e. The highest BCUT2D eigenvalue weighted by Crippen LogP contribution is 2.34. The zero-order valence-electron chi connectivity index (χ0n) is 9.03. The first kappa shape index (κ1) is 13.5. The Morgan fingerprint density at radius 2 is 2.00 bits per heavy atom. The minimum atomic E-state index is -4.60. The van der Waals surface area contributed by atoms with E-state index in [-0.39, 0.29) is 16.3 Å². The van der Waals surface area contributed by atoms with Gasteiger partial charge in [0.2, 0.25) is 0 Å². The summed E-state index contributed by atoms with van der Waals surface area (Å²) in [5.74, 6) is -2.21. The van der Waals surface area contributed by atoms with Crippen molar-refractivity contribution in [1.29, 1.82) is 0 Å². The van der Waals surface area contributed by atoms with Crippen LogP contribution in [-0.4, -0.2) is 16.1 Å². The van der Waals surface area contributed by atoms with Crippen molar-refractivity contribution in [1.82, 2.24) is 4.98 Å². The van der Waals surface area contributed by atoms with Crippen LogP contribution in [0.3, 0.4) is 0 Å². The highest BCUT2D eigenvalue weighted by molar-refractivity contribution is 7.13. The molecule has 1 heterocycles. The zero-order chi connectivity index (χ0) is 14.2. The lowest BCUT2D eigenvalue weighted by Gasteiger charge is -2.08. The molecule has 3 nitrogen and oxygen atoms in total. The predicted molar refractivity (Wildman–Crippen MR) is 59.5 cm³/mol. The minimum absolute atomic E-state index is 0.110. The molecule has 0 saturated heterocycles. The molecule has 0 aliphatic heterocycles. The van der Waals surface area contributed by atoms with Crippen LogP contribution in [0.2, 0.25) is 0 Å². The van der Waals surface area contributed by atoms with Gasteiger partial charge in [0.1, 0.15) is 10.8 Å². The molecule has 0 bridgehead atoms. The average molecular weight is 291 g/mol. The smallest absolute Gasteiger partial charge is 0.416 e. The van der Waals surface area contributed by atoms with E-state index in [1.807, 2.05) is 0 Å². The van der Waals surface area contributed by atoms with Crippen LogP contribution in [0.4, 0.5) is 17.6 Å². The highest BCUT2D eigenvalue weighted by Gasteiger charge is 2.31. The van der Waals surface area contributed by atoms with E-state index in [2.05, 4.69) is 4.98 Å². The van der Waals surface area contributed by atoms with Crippen LogP contribution in [0.15, 0.2) is 23.6 Å². The van der Waals surface area contributed by atoms with Crippen LogP contribution in [0.25, 0.3) is 10.6 Å². The predicted octanol–water partition coefficient (Wildman–Crippen LogP) is 3.67. The van der Waals surface area contributed by atoms with E-state index in [0.717, 1.165) is 16.7 Å². The number of hydrogen-bond acceptors (Lipinski definition) is 3. The van der Waals surface area contributed by atoms with Gasteiger partial charge in [0.15, 0.2) is 5.69 Å². The van der Waals surface area contributed by atoms with Crippen molar-refractivity contribution in [2.45, 2.75) is 6.18 Å². The van der Waals surface area contributed by atoms with E-state index in [9.17, 15) is 22.4 Å². The molecule has 1 aromatic heterocycles. The number of carbonyl (C=O) groups is 1. The number of carboxylic acid groups (broad SMARTS) is 1. The second-order valence-corrected chi connectivity index (χ2v) is 4.39. The number of nitrogens with zero attached hydrogens (tertiary/aromatic N) is 1. The highest BCUT2D eigenvalue weighted by atomic mass is 32.1. The number of rotatable bonds is 2. The number of thiazole rings is 1. The Kier molecular flexibility index (Phi) is 3.27. The normalized spacial score (nSPS) is 11.6. The maximum atomic E-state index is 13.5. The van der Waals surface area contributed by atoms with Crippen molar-refractivity contribution in [2.75, 3.05) is 0 Å². The summed E-state index contributed by atoms with van der Waals surface area (Å²) in [6, 6.07) is 1.91. The van der Waals surface area contributed by atoms with E-state index in [1.165, 1.54) is 0 Å². The van der Waals surface area contributed by atoms with E-state index in [0.29, 0.717) is 18.2 Å². The van der Waals surface area contributed by atoms with Crippen LogP contribution in [0.5, 0.6) is 0 Å². The topological polar surface area (TPSA) is 50.2 Å². The third kappa shape index (κ3) is 2.73. The summed E-state index contributed by atoms with van der Waals surface area (Å²) in [5, 5.41) is 9.69. The Balaban J connectivity index is 2.51. The number of carboxylic acids is 1. The van der Waals surface area contributed by atoms with Gasteiger partial charge in [0.25, 0.3) is 0 Å². The van der Waals surface area contributed by atoms with Crippen molar-refractivity contribution >= 4 is 17.3 Å². The number of halogens is 4. The Hall–Kier alpha value is -1.96. The molecule has 1 aromatic carbocycles. The lowest BCUT2D eigenvalue weighted by molar-refractivity contribution is -0.137. The van der Waals surface area contributed by atoms with E-state index < -0.39 is 23.5 Å². The van der Waals surface area contributed by atoms with Gasteiger partial charge in [-0.3, -0.25) is 0 Å². The molecule has 19 heavy (non-hydrogen) atoms.